The summed E-state index contributed by atoms with van der Waals surface area (Å²) in [6.45, 7) is 2.36. The van der Waals surface area contributed by atoms with Gasteiger partial charge in [0, 0.05) is 17.9 Å². The molecule has 0 saturated carbocycles. The minimum Gasteiger partial charge on any atom is -0.489 e. The standard InChI is InChI=1S/C25H25BrN2O3/c1-18(29)28-24(21-11-13-22(26)14-12-21)15-25(30)27-16-19-7-9-20(10-8-19)17-31-23-5-3-2-4-6-23/h2-14,24H,15-17H2,1H3,(H,27,30)(H,28,29). The number of nitrogens with one attached hydrogen (secondary N) is 2. The predicted molar refractivity (Wildman–Crippen MR) is 124 cm³/mol. The average molecular weight is 481 g/mol. The third-order valence-electron chi connectivity index (χ3n) is 4.70. The summed E-state index contributed by atoms with van der Waals surface area (Å²) in [6.07, 6.45) is 0.171. The number of ether oxygens (including phenoxy) is 1. The summed E-state index contributed by atoms with van der Waals surface area (Å²) < 4.78 is 6.69. The van der Waals surface area contributed by atoms with E-state index in [4.69, 9.17) is 4.74 Å². The third kappa shape index (κ3) is 7.57. The van der Waals surface area contributed by atoms with Crippen LogP contribution in [0.15, 0.2) is 83.3 Å². The summed E-state index contributed by atoms with van der Waals surface area (Å²) in [5.41, 5.74) is 2.94. The molecule has 0 bridgehead atoms. The minimum absolute atomic E-state index is 0.127. The second-order valence-corrected chi connectivity index (χ2v) is 8.12. The first kappa shape index (κ1) is 22.6. The van der Waals surface area contributed by atoms with E-state index in [9.17, 15) is 9.59 Å². The Balaban J connectivity index is 1.50. The van der Waals surface area contributed by atoms with Crippen LogP contribution in [0.2, 0.25) is 0 Å². The number of benzene rings is 3. The van der Waals surface area contributed by atoms with E-state index >= 15 is 0 Å². The van der Waals surface area contributed by atoms with E-state index in [1.165, 1.54) is 6.92 Å². The van der Waals surface area contributed by atoms with Crippen LogP contribution in [0.5, 0.6) is 5.75 Å². The van der Waals surface area contributed by atoms with Crippen molar-refractivity contribution in [2.45, 2.75) is 32.5 Å². The molecule has 0 heterocycles. The molecule has 0 aromatic heterocycles. The lowest BCUT2D eigenvalue weighted by Gasteiger charge is -2.18. The predicted octanol–water partition coefficient (Wildman–Crippen LogP) is 4.91. The number of carbonyl (C=O) groups excluding carboxylic acids is 2. The molecule has 160 valence electrons. The molecule has 31 heavy (non-hydrogen) atoms. The lowest BCUT2D eigenvalue weighted by atomic mass is 10.0. The zero-order valence-corrected chi connectivity index (χ0v) is 18.9. The lowest BCUT2D eigenvalue weighted by molar-refractivity contribution is -0.122. The number of carbonyl (C=O) groups is 2. The fraction of sp³-hybridized carbons (Fsp3) is 0.200. The smallest absolute Gasteiger partial charge is 0.222 e. The SMILES string of the molecule is CC(=O)NC(CC(=O)NCc1ccc(COc2ccccc2)cc1)c1ccc(Br)cc1. The summed E-state index contributed by atoms with van der Waals surface area (Å²) in [7, 11) is 0. The van der Waals surface area contributed by atoms with Crippen molar-refractivity contribution in [1.82, 2.24) is 10.6 Å². The Labute approximate surface area is 191 Å². The zero-order chi connectivity index (χ0) is 22.1. The van der Waals surface area contributed by atoms with Gasteiger partial charge in [-0.15, -0.1) is 0 Å². The molecule has 3 aromatic carbocycles. The van der Waals surface area contributed by atoms with Gasteiger partial charge in [0.15, 0.2) is 0 Å². The van der Waals surface area contributed by atoms with Gasteiger partial charge in [0.2, 0.25) is 11.8 Å². The first-order chi connectivity index (χ1) is 15.0. The molecule has 0 fully saturated rings. The summed E-state index contributed by atoms with van der Waals surface area (Å²) in [6, 6.07) is 24.8. The summed E-state index contributed by atoms with van der Waals surface area (Å²) in [5, 5.41) is 5.78. The molecule has 2 amide bonds. The topological polar surface area (TPSA) is 67.4 Å². The second-order valence-electron chi connectivity index (χ2n) is 7.20. The Morgan fingerprint density at radius 2 is 1.55 bits per heavy atom. The monoisotopic (exact) mass is 480 g/mol. The van der Waals surface area contributed by atoms with Crippen LogP contribution >= 0.6 is 15.9 Å². The van der Waals surface area contributed by atoms with Crippen molar-refractivity contribution in [2.24, 2.45) is 0 Å². The van der Waals surface area contributed by atoms with Gasteiger partial charge >= 0.3 is 0 Å². The van der Waals surface area contributed by atoms with E-state index in [-0.39, 0.29) is 24.3 Å². The van der Waals surface area contributed by atoms with Crippen molar-refractivity contribution in [3.8, 4) is 5.75 Å². The second kappa shape index (κ2) is 11.3. The molecule has 0 aliphatic rings. The van der Waals surface area contributed by atoms with E-state index in [2.05, 4.69) is 26.6 Å². The summed E-state index contributed by atoms with van der Waals surface area (Å²) >= 11 is 3.40. The largest absolute Gasteiger partial charge is 0.489 e. The van der Waals surface area contributed by atoms with Crippen LogP contribution in [0.3, 0.4) is 0 Å². The van der Waals surface area contributed by atoms with Crippen LogP contribution in [-0.4, -0.2) is 11.8 Å². The Kier molecular flexibility index (Phi) is 8.24. The van der Waals surface area contributed by atoms with Crippen LogP contribution in [0.4, 0.5) is 0 Å². The van der Waals surface area contributed by atoms with Crippen LogP contribution in [0.25, 0.3) is 0 Å². The zero-order valence-electron chi connectivity index (χ0n) is 17.3. The van der Waals surface area contributed by atoms with Crippen molar-refractivity contribution in [1.29, 1.82) is 0 Å². The van der Waals surface area contributed by atoms with Crippen molar-refractivity contribution in [2.75, 3.05) is 0 Å². The van der Waals surface area contributed by atoms with Crippen LogP contribution < -0.4 is 15.4 Å². The van der Waals surface area contributed by atoms with E-state index in [0.29, 0.717) is 13.2 Å². The fourth-order valence-corrected chi connectivity index (χ4v) is 3.35. The van der Waals surface area contributed by atoms with Crippen LogP contribution in [0.1, 0.15) is 36.1 Å². The fourth-order valence-electron chi connectivity index (χ4n) is 3.09. The van der Waals surface area contributed by atoms with Gasteiger partial charge in [0.05, 0.1) is 12.5 Å². The first-order valence-corrected chi connectivity index (χ1v) is 10.8. The van der Waals surface area contributed by atoms with Gasteiger partial charge in [-0.1, -0.05) is 70.5 Å². The molecule has 0 spiro atoms. The normalized spacial score (nSPS) is 11.4. The van der Waals surface area contributed by atoms with E-state index in [1.807, 2.05) is 78.9 Å². The maximum absolute atomic E-state index is 12.5. The van der Waals surface area contributed by atoms with E-state index in [0.717, 1.165) is 26.9 Å². The first-order valence-electron chi connectivity index (χ1n) is 10.0. The van der Waals surface area contributed by atoms with Crippen molar-refractivity contribution in [3.05, 3.63) is 100 Å². The number of para-hydroxylation sites is 1. The molecule has 3 aromatic rings. The van der Waals surface area contributed by atoms with Gasteiger partial charge in [-0.3, -0.25) is 9.59 Å². The van der Waals surface area contributed by atoms with Gasteiger partial charge in [-0.2, -0.15) is 0 Å². The molecule has 0 radical (unpaired) electrons. The summed E-state index contributed by atoms with van der Waals surface area (Å²) in [4.78, 5) is 24.1. The maximum atomic E-state index is 12.5. The number of hydrogen-bond acceptors (Lipinski definition) is 3. The molecular weight excluding hydrogens is 456 g/mol. The number of halogens is 1. The van der Waals surface area contributed by atoms with Gasteiger partial charge in [-0.25, -0.2) is 0 Å². The van der Waals surface area contributed by atoms with Gasteiger partial charge in [0.25, 0.3) is 0 Å². The van der Waals surface area contributed by atoms with Gasteiger partial charge in [-0.05, 0) is 41.0 Å². The molecular formula is C25H25BrN2O3. The highest BCUT2D eigenvalue weighted by atomic mass is 79.9. The molecule has 3 rings (SSSR count). The van der Waals surface area contributed by atoms with E-state index in [1.54, 1.807) is 0 Å². The van der Waals surface area contributed by atoms with Crippen LogP contribution in [-0.2, 0) is 22.7 Å². The molecule has 1 atom stereocenters. The van der Waals surface area contributed by atoms with Gasteiger partial charge in [0.1, 0.15) is 12.4 Å². The Morgan fingerprint density at radius 3 is 2.19 bits per heavy atom. The van der Waals surface area contributed by atoms with E-state index < -0.39 is 0 Å². The molecule has 2 N–H and O–H groups in total. The van der Waals surface area contributed by atoms with Crippen molar-refractivity contribution < 1.29 is 14.3 Å². The highest BCUT2D eigenvalue weighted by Crippen LogP contribution is 2.20. The lowest BCUT2D eigenvalue weighted by Crippen LogP contribution is -2.32. The molecule has 1 unspecified atom stereocenters. The molecule has 0 aliphatic carbocycles. The molecule has 0 saturated heterocycles. The molecule has 5 nitrogen and oxygen atoms in total. The Morgan fingerprint density at radius 1 is 0.903 bits per heavy atom. The molecule has 6 heteroatoms. The summed E-state index contributed by atoms with van der Waals surface area (Å²) in [5.74, 6) is 0.533. The third-order valence-corrected chi connectivity index (χ3v) is 5.23. The minimum atomic E-state index is -0.372. The Hall–Kier alpha value is -3.12. The Bertz CT molecular complexity index is 990. The van der Waals surface area contributed by atoms with Crippen molar-refractivity contribution >= 4 is 27.7 Å². The number of rotatable bonds is 9. The highest BCUT2D eigenvalue weighted by Gasteiger charge is 2.17. The van der Waals surface area contributed by atoms with Gasteiger partial charge < -0.3 is 15.4 Å². The highest BCUT2D eigenvalue weighted by molar-refractivity contribution is 9.10. The quantitative estimate of drug-likeness (QED) is 0.457. The van der Waals surface area contributed by atoms with Crippen LogP contribution in [0, 0.1) is 0 Å². The number of amides is 2. The molecule has 0 aliphatic heterocycles. The number of hydrogen-bond donors (Lipinski definition) is 2. The van der Waals surface area contributed by atoms with Crippen molar-refractivity contribution in [3.63, 3.8) is 0 Å². The maximum Gasteiger partial charge on any atom is 0.222 e. The average Bonchev–Trinajstić information content (AvgIpc) is 2.77.